The van der Waals surface area contributed by atoms with Gasteiger partial charge in [0.15, 0.2) is 5.72 Å². The fourth-order valence-electron chi connectivity index (χ4n) is 2.53. The second-order valence-corrected chi connectivity index (χ2v) is 5.41. The minimum atomic E-state index is -4.81. The summed E-state index contributed by atoms with van der Waals surface area (Å²) in [7, 11) is 0. The Morgan fingerprint density at radius 2 is 1.80 bits per heavy atom. The molecule has 2 heterocycles. The van der Waals surface area contributed by atoms with E-state index in [-0.39, 0.29) is 11.1 Å². The van der Waals surface area contributed by atoms with Gasteiger partial charge >= 0.3 is 6.18 Å². The molecule has 25 heavy (non-hydrogen) atoms. The van der Waals surface area contributed by atoms with Crippen LogP contribution in [0.5, 0.6) is 5.75 Å². The summed E-state index contributed by atoms with van der Waals surface area (Å²) in [5.74, 6) is -1.49. The van der Waals surface area contributed by atoms with E-state index in [0.29, 0.717) is 5.01 Å². The topological polar surface area (TPSA) is 86.0 Å². The number of para-hydroxylation sites is 1. The number of phenolic OH excluding ortho intramolecular Hbond substituents is 1. The molecule has 2 aromatic rings. The van der Waals surface area contributed by atoms with E-state index in [9.17, 15) is 28.2 Å². The molecule has 6 nitrogen and oxygen atoms in total. The van der Waals surface area contributed by atoms with Crippen LogP contribution in [0.15, 0.2) is 53.9 Å². The van der Waals surface area contributed by atoms with Gasteiger partial charge in [-0.25, -0.2) is 0 Å². The highest BCUT2D eigenvalue weighted by Crippen LogP contribution is 2.40. The summed E-state index contributed by atoms with van der Waals surface area (Å²) in [5, 5.41) is 24.3. The second-order valence-electron chi connectivity index (χ2n) is 5.41. The summed E-state index contributed by atoms with van der Waals surface area (Å²) in [6.45, 7) is 0. The van der Waals surface area contributed by atoms with Crippen molar-refractivity contribution < 1.29 is 28.2 Å². The molecule has 0 fully saturated rings. The molecule has 1 atom stereocenters. The van der Waals surface area contributed by atoms with Crippen LogP contribution >= 0.6 is 0 Å². The minimum Gasteiger partial charge on any atom is -0.507 e. The van der Waals surface area contributed by atoms with Gasteiger partial charge in [0.1, 0.15) is 11.5 Å². The molecule has 0 saturated heterocycles. The van der Waals surface area contributed by atoms with Crippen LogP contribution in [0.3, 0.4) is 0 Å². The monoisotopic (exact) mass is 351 g/mol. The first-order valence-electron chi connectivity index (χ1n) is 7.13. The van der Waals surface area contributed by atoms with Crippen molar-refractivity contribution in [3.05, 3.63) is 59.9 Å². The number of hydrazone groups is 1. The number of aliphatic hydroxyl groups is 1. The molecule has 0 saturated carbocycles. The fourth-order valence-corrected chi connectivity index (χ4v) is 2.53. The van der Waals surface area contributed by atoms with Crippen molar-refractivity contribution in [3.63, 3.8) is 0 Å². The van der Waals surface area contributed by atoms with Crippen LogP contribution < -0.4 is 0 Å². The number of pyridine rings is 1. The van der Waals surface area contributed by atoms with Crippen molar-refractivity contribution in [1.82, 2.24) is 9.99 Å². The normalized spacial score (nSPS) is 20.5. The van der Waals surface area contributed by atoms with Crippen LogP contribution in [-0.4, -0.2) is 38.0 Å². The lowest BCUT2D eigenvalue weighted by atomic mass is 9.97. The standard InChI is InChI=1S/C16H12F3N3O3/c17-16(18,19)13-9-15(25,10-5-7-20-8-6-10)22(21-13)14(24)11-3-1-2-4-12(11)23/h1-8,23,25H,9H2/t15-/m0/s1. The van der Waals surface area contributed by atoms with Crippen molar-refractivity contribution in [2.45, 2.75) is 18.3 Å². The number of hydrogen-bond acceptors (Lipinski definition) is 5. The van der Waals surface area contributed by atoms with E-state index in [1.807, 2.05) is 0 Å². The maximum atomic E-state index is 13.1. The van der Waals surface area contributed by atoms with E-state index < -0.39 is 35.7 Å². The van der Waals surface area contributed by atoms with Gasteiger partial charge in [-0.1, -0.05) is 12.1 Å². The molecule has 9 heteroatoms. The van der Waals surface area contributed by atoms with Crippen LogP contribution in [0.2, 0.25) is 0 Å². The Balaban J connectivity index is 2.10. The Labute approximate surface area is 139 Å². The quantitative estimate of drug-likeness (QED) is 0.870. The summed E-state index contributed by atoms with van der Waals surface area (Å²) < 4.78 is 39.3. The fraction of sp³-hybridized carbons (Fsp3) is 0.188. The number of halogens is 3. The third-order valence-corrected chi connectivity index (χ3v) is 3.78. The van der Waals surface area contributed by atoms with E-state index in [4.69, 9.17) is 0 Å². The van der Waals surface area contributed by atoms with E-state index in [1.165, 1.54) is 48.8 Å². The van der Waals surface area contributed by atoms with E-state index >= 15 is 0 Å². The first-order valence-corrected chi connectivity index (χ1v) is 7.13. The van der Waals surface area contributed by atoms with Crippen molar-refractivity contribution in [3.8, 4) is 5.75 Å². The average Bonchev–Trinajstić information content (AvgIpc) is 2.95. The van der Waals surface area contributed by atoms with E-state index in [1.54, 1.807) is 0 Å². The van der Waals surface area contributed by atoms with Gasteiger partial charge in [0.05, 0.1) is 12.0 Å². The van der Waals surface area contributed by atoms with Gasteiger partial charge in [0.25, 0.3) is 5.91 Å². The first kappa shape index (κ1) is 16.9. The molecule has 3 rings (SSSR count). The van der Waals surface area contributed by atoms with Gasteiger partial charge in [0, 0.05) is 18.0 Å². The zero-order chi connectivity index (χ0) is 18.2. The highest BCUT2D eigenvalue weighted by Gasteiger charge is 2.53. The molecule has 1 aliphatic heterocycles. The number of hydrogen-bond donors (Lipinski definition) is 2. The third-order valence-electron chi connectivity index (χ3n) is 3.78. The Kier molecular flexibility index (Phi) is 3.96. The number of nitrogens with zero attached hydrogens (tertiary/aromatic N) is 3. The van der Waals surface area contributed by atoms with Gasteiger partial charge in [-0.05, 0) is 24.3 Å². The van der Waals surface area contributed by atoms with Gasteiger partial charge in [-0.2, -0.15) is 23.3 Å². The van der Waals surface area contributed by atoms with Crippen LogP contribution in [0, 0.1) is 0 Å². The number of aromatic nitrogens is 1. The van der Waals surface area contributed by atoms with Crippen LogP contribution in [0.25, 0.3) is 0 Å². The molecule has 1 aromatic carbocycles. The first-order chi connectivity index (χ1) is 11.7. The molecule has 1 aliphatic rings. The second kappa shape index (κ2) is 5.85. The molecular weight excluding hydrogens is 339 g/mol. The number of carbonyl (C=O) groups excluding carboxylic acids is 1. The lowest BCUT2D eigenvalue weighted by molar-refractivity contribution is -0.0817. The summed E-state index contributed by atoms with van der Waals surface area (Å²) in [4.78, 5) is 16.4. The maximum Gasteiger partial charge on any atom is 0.431 e. The maximum absolute atomic E-state index is 13.1. The van der Waals surface area contributed by atoms with Gasteiger partial charge in [-0.3, -0.25) is 9.78 Å². The molecule has 0 radical (unpaired) electrons. The van der Waals surface area contributed by atoms with Crippen molar-refractivity contribution in [1.29, 1.82) is 0 Å². The molecule has 0 unspecified atom stereocenters. The zero-order valence-electron chi connectivity index (χ0n) is 12.6. The number of benzene rings is 1. The summed E-state index contributed by atoms with van der Waals surface area (Å²) >= 11 is 0. The number of amides is 1. The predicted octanol–water partition coefficient (Wildman–Crippen LogP) is 2.40. The van der Waals surface area contributed by atoms with Crippen molar-refractivity contribution >= 4 is 11.6 Å². The Bertz CT molecular complexity index is 839. The molecule has 1 amide bonds. The summed E-state index contributed by atoms with van der Waals surface area (Å²) in [6.07, 6.45) is -3.18. The molecule has 0 bridgehead atoms. The summed E-state index contributed by atoms with van der Waals surface area (Å²) in [6, 6.07) is 7.91. The third kappa shape index (κ3) is 2.93. The Morgan fingerprint density at radius 3 is 2.40 bits per heavy atom. The number of phenols is 1. The van der Waals surface area contributed by atoms with Crippen LogP contribution in [0.1, 0.15) is 22.3 Å². The molecule has 0 aliphatic carbocycles. The number of aromatic hydroxyl groups is 1. The van der Waals surface area contributed by atoms with E-state index in [2.05, 4.69) is 10.1 Å². The molecular formula is C16H12F3N3O3. The van der Waals surface area contributed by atoms with Crippen LogP contribution in [-0.2, 0) is 5.72 Å². The minimum absolute atomic E-state index is 0.0225. The smallest absolute Gasteiger partial charge is 0.431 e. The van der Waals surface area contributed by atoms with E-state index in [0.717, 1.165) is 0 Å². The average molecular weight is 351 g/mol. The SMILES string of the molecule is O=C(c1ccccc1O)N1N=C(C(F)(F)F)C[C@]1(O)c1ccncc1. The van der Waals surface area contributed by atoms with Crippen molar-refractivity contribution in [2.75, 3.05) is 0 Å². The largest absolute Gasteiger partial charge is 0.507 e. The molecule has 2 N–H and O–H groups in total. The van der Waals surface area contributed by atoms with Gasteiger partial charge in [0.2, 0.25) is 0 Å². The van der Waals surface area contributed by atoms with Crippen molar-refractivity contribution in [2.24, 2.45) is 5.10 Å². The predicted molar refractivity (Wildman–Crippen MR) is 80.5 cm³/mol. The number of carbonyl (C=O) groups is 1. The molecule has 130 valence electrons. The lowest BCUT2D eigenvalue weighted by Gasteiger charge is -2.31. The zero-order valence-corrected chi connectivity index (χ0v) is 12.6. The number of alkyl halides is 3. The lowest BCUT2D eigenvalue weighted by Crippen LogP contribution is -2.43. The highest BCUT2D eigenvalue weighted by molar-refractivity contribution is 6.01. The summed E-state index contributed by atoms with van der Waals surface area (Å²) in [5.41, 5.74) is -3.89. The highest BCUT2D eigenvalue weighted by atomic mass is 19.4. The Morgan fingerprint density at radius 1 is 1.16 bits per heavy atom. The molecule has 1 aromatic heterocycles. The number of rotatable bonds is 2. The van der Waals surface area contributed by atoms with Gasteiger partial charge < -0.3 is 10.2 Å². The van der Waals surface area contributed by atoms with Gasteiger partial charge in [-0.15, -0.1) is 0 Å². The Hall–Kier alpha value is -2.94. The molecule has 0 spiro atoms. The van der Waals surface area contributed by atoms with Crippen LogP contribution in [0.4, 0.5) is 13.2 Å².